The first-order valence-corrected chi connectivity index (χ1v) is 7.07. The van der Waals surface area contributed by atoms with E-state index in [9.17, 15) is 0 Å². The topological polar surface area (TPSA) is 29.3 Å². The average Bonchev–Trinajstić information content (AvgIpc) is 2.36. The summed E-state index contributed by atoms with van der Waals surface area (Å²) in [6.07, 6.45) is 8.01. The summed E-state index contributed by atoms with van der Waals surface area (Å²) >= 11 is 0. The smallest absolute Gasteiger partial charge is 0.0218 e. The van der Waals surface area contributed by atoms with Crippen molar-refractivity contribution in [3.63, 3.8) is 0 Å². The minimum Gasteiger partial charge on any atom is -0.326 e. The van der Waals surface area contributed by atoms with Crippen LogP contribution in [-0.4, -0.2) is 30.1 Å². The lowest BCUT2D eigenvalue weighted by atomic mass is 9.83. The molecule has 0 aromatic carbocycles. The second kappa shape index (κ2) is 6.61. The number of likely N-dealkylation sites (N-methyl/N-ethyl adjacent to an activating group) is 1. The fourth-order valence-electron chi connectivity index (χ4n) is 2.94. The third-order valence-corrected chi connectivity index (χ3v) is 4.70. The van der Waals surface area contributed by atoms with Crippen LogP contribution in [0, 0.1) is 5.92 Å². The molecule has 0 aliphatic heterocycles. The molecule has 2 nitrogen and oxygen atoms in total. The van der Waals surface area contributed by atoms with E-state index in [0.717, 1.165) is 18.4 Å². The summed E-state index contributed by atoms with van der Waals surface area (Å²) in [4.78, 5) is 2.53. The van der Waals surface area contributed by atoms with E-state index in [1.165, 1.54) is 32.1 Å². The maximum absolute atomic E-state index is 6.14. The zero-order valence-electron chi connectivity index (χ0n) is 11.6. The summed E-state index contributed by atoms with van der Waals surface area (Å²) in [6, 6.07) is 1.62. The molecule has 1 rings (SSSR count). The molecule has 1 aliphatic carbocycles. The standard InChI is InChI=1S/C14H30N2/c1-5-12-7-9-13(10-8-12)16(4)11(3)14(15)6-2/h11-14H,5-10,15H2,1-4H3. The molecule has 0 radical (unpaired) electrons. The molecule has 0 heterocycles. The zero-order chi connectivity index (χ0) is 12.1. The van der Waals surface area contributed by atoms with Gasteiger partial charge in [-0.15, -0.1) is 0 Å². The van der Waals surface area contributed by atoms with Gasteiger partial charge in [0, 0.05) is 18.1 Å². The Morgan fingerprint density at radius 3 is 2.19 bits per heavy atom. The van der Waals surface area contributed by atoms with Crippen LogP contribution >= 0.6 is 0 Å². The predicted molar refractivity (Wildman–Crippen MR) is 71.5 cm³/mol. The van der Waals surface area contributed by atoms with Gasteiger partial charge in [0.05, 0.1) is 0 Å². The second-order valence-electron chi connectivity index (χ2n) is 5.56. The van der Waals surface area contributed by atoms with Crippen molar-refractivity contribution in [1.29, 1.82) is 0 Å². The van der Waals surface area contributed by atoms with Gasteiger partial charge in [0.15, 0.2) is 0 Å². The van der Waals surface area contributed by atoms with Crippen LogP contribution in [0.3, 0.4) is 0 Å². The van der Waals surface area contributed by atoms with Crippen LogP contribution in [-0.2, 0) is 0 Å². The van der Waals surface area contributed by atoms with Crippen molar-refractivity contribution >= 4 is 0 Å². The van der Waals surface area contributed by atoms with Crippen LogP contribution in [0.1, 0.15) is 59.3 Å². The highest BCUT2D eigenvalue weighted by Crippen LogP contribution is 2.29. The largest absolute Gasteiger partial charge is 0.326 e. The quantitative estimate of drug-likeness (QED) is 0.781. The number of nitrogens with zero attached hydrogens (tertiary/aromatic N) is 1. The van der Waals surface area contributed by atoms with Crippen LogP contribution in [0.4, 0.5) is 0 Å². The summed E-state index contributed by atoms with van der Waals surface area (Å²) in [7, 11) is 2.26. The predicted octanol–water partition coefficient (Wildman–Crippen LogP) is 3.01. The van der Waals surface area contributed by atoms with Crippen molar-refractivity contribution in [3.05, 3.63) is 0 Å². The minimum absolute atomic E-state index is 0.328. The fourth-order valence-corrected chi connectivity index (χ4v) is 2.94. The van der Waals surface area contributed by atoms with Crippen LogP contribution in [0.15, 0.2) is 0 Å². The summed E-state index contributed by atoms with van der Waals surface area (Å²) < 4.78 is 0. The van der Waals surface area contributed by atoms with Crippen molar-refractivity contribution in [2.45, 2.75) is 77.4 Å². The Balaban J connectivity index is 2.40. The van der Waals surface area contributed by atoms with Gasteiger partial charge in [-0.3, -0.25) is 4.90 Å². The summed E-state index contributed by atoms with van der Waals surface area (Å²) in [5, 5.41) is 0. The van der Waals surface area contributed by atoms with E-state index in [2.05, 4.69) is 32.7 Å². The van der Waals surface area contributed by atoms with Crippen LogP contribution in [0.25, 0.3) is 0 Å². The first-order chi connectivity index (χ1) is 7.60. The molecule has 0 bridgehead atoms. The van der Waals surface area contributed by atoms with Crippen molar-refractivity contribution in [3.8, 4) is 0 Å². The van der Waals surface area contributed by atoms with Crippen LogP contribution in [0.5, 0.6) is 0 Å². The van der Waals surface area contributed by atoms with Crippen molar-refractivity contribution in [2.75, 3.05) is 7.05 Å². The SMILES string of the molecule is CCC1CCC(N(C)C(C)C(N)CC)CC1. The van der Waals surface area contributed by atoms with Gasteiger partial charge in [0.2, 0.25) is 0 Å². The lowest BCUT2D eigenvalue weighted by Gasteiger charge is -2.39. The zero-order valence-corrected chi connectivity index (χ0v) is 11.6. The summed E-state index contributed by atoms with van der Waals surface area (Å²) in [5.41, 5.74) is 6.14. The molecule has 0 amide bonds. The van der Waals surface area contributed by atoms with Crippen LogP contribution in [0.2, 0.25) is 0 Å². The van der Waals surface area contributed by atoms with Gasteiger partial charge < -0.3 is 5.73 Å². The number of nitrogens with two attached hydrogens (primary N) is 1. The molecule has 2 unspecified atom stereocenters. The van der Waals surface area contributed by atoms with Gasteiger partial charge in [-0.05, 0) is 52.0 Å². The Morgan fingerprint density at radius 2 is 1.75 bits per heavy atom. The normalized spacial score (nSPS) is 30.4. The molecular formula is C14H30N2. The Morgan fingerprint density at radius 1 is 1.19 bits per heavy atom. The molecule has 16 heavy (non-hydrogen) atoms. The van der Waals surface area contributed by atoms with E-state index in [4.69, 9.17) is 5.73 Å². The highest BCUT2D eigenvalue weighted by molar-refractivity contribution is 4.84. The van der Waals surface area contributed by atoms with Crippen LogP contribution < -0.4 is 5.73 Å². The molecular weight excluding hydrogens is 196 g/mol. The Kier molecular flexibility index (Phi) is 5.77. The number of hydrogen-bond donors (Lipinski definition) is 1. The van der Waals surface area contributed by atoms with Gasteiger partial charge in [-0.2, -0.15) is 0 Å². The van der Waals surface area contributed by atoms with Gasteiger partial charge in [0.25, 0.3) is 0 Å². The molecule has 0 aromatic rings. The highest BCUT2D eigenvalue weighted by Gasteiger charge is 2.27. The van der Waals surface area contributed by atoms with Gasteiger partial charge in [0.1, 0.15) is 0 Å². The molecule has 1 fully saturated rings. The monoisotopic (exact) mass is 226 g/mol. The van der Waals surface area contributed by atoms with E-state index in [-0.39, 0.29) is 0 Å². The van der Waals surface area contributed by atoms with Gasteiger partial charge >= 0.3 is 0 Å². The van der Waals surface area contributed by atoms with E-state index in [1.54, 1.807) is 0 Å². The Labute approximate surface area is 102 Å². The maximum Gasteiger partial charge on any atom is 0.0218 e. The molecule has 0 spiro atoms. The second-order valence-corrected chi connectivity index (χ2v) is 5.56. The molecule has 1 aliphatic rings. The number of hydrogen-bond acceptors (Lipinski definition) is 2. The lowest BCUT2D eigenvalue weighted by Crippen LogP contribution is -2.49. The Bertz CT molecular complexity index is 185. The van der Waals surface area contributed by atoms with E-state index >= 15 is 0 Å². The number of rotatable bonds is 5. The fraction of sp³-hybridized carbons (Fsp3) is 1.00. The Hall–Kier alpha value is -0.0800. The van der Waals surface area contributed by atoms with Gasteiger partial charge in [-0.25, -0.2) is 0 Å². The molecule has 2 atom stereocenters. The molecule has 2 heteroatoms. The molecule has 96 valence electrons. The van der Waals surface area contributed by atoms with Crippen molar-refractivity contribution in [2.24, 2.45) is 11.7 Å². The average molecular weight is 226 g/mol. The highest BCUT2D eigenvalue weighted by atomic mass is 15.2. The molecule has 1 saturated carbocycles. The third-order valence-electron chi connectivity index (χ3n) is 4.70. The van der Waals surface area contributed by atoms with E-state index in [0.29, 0.717) is 12.1 Å². The van der Waals surface area contributed by atoms with E-state index in [1.807, 2.05) is 0 Å². The van der Waals surface area contributed by atoms with E-state index < -0.39 is 0 Å². The maximum atomic E-state index is 6.14. The molecule has 2 N–H and O–H groups in total. The summed E-state index contributed by atoms with van der Waals surface area (Å²) in [5.74, 6) is 0.986. The minimum atomic E-state index is 0.328. The first-order valence-electron chi connectivity index (χ1n) is 7.07. The van der Waals surface area contributed by atoms with Crippen molar-refractivity contribution < 1.29 is 0 Å². The lowest BCUT2D eigenvalue weighted by molar-refractivity contribution is 0.112. The molecule has 0 saturated heterocycles. The molecule has 0 aromatic heterocycles. The van der Waals surface area contributed by atoms with Crippen molar-refractivity contribution in [1.82, 2.24) is 4.90 Å². The van der Waals surface area contributed by atoms with Gasteiger partial charge in [-0.1, -0.05) is 20.3 Å². The first kappa shape index (κ1) is 14.0. The third kappa shape index (κ3) is 3.46. The summed E-state index contributed by atoms with van der Waals surface area (Å²) in [6.45, 7) is 6.79.